The molecule has 16 heavy (non-hydrogen) atoms. The largest absolute Gasteiger partial charge is 0.395 e. The topological polar surface area (TPSA) is 34.5 Å². The summed E-state index contributed by atoms with van der Waals surface area (Å²) < 4.78 is 0. The fourth-order valence-corrected chi connectivity index (χ4v) is 1.12. The number of aromatic nitrogens is 1. The molecule has 0 fully saturated rings. The van der Waals surface area contributed by atoms with Crippen LogP contribution in [0.4, 0.5) is 0 Å². The van der Waals surface area contributed by atoms with Gasteiger partial charge in [-0.3, -0.25) is 4.98 Å². The Morgan fingerprint density at radius 2 is 2.38 bits per heavy atom. The lowest BCUT2D eigenvalue weighted by Gasteiger charge is -2.05. The molecule has 1 heterocycles. The Kier molecular flexibility index (Phi) is 5.26. The van der Waals surface area contributed by atoms with E-state index < -0.39 is 0 Å². The van der Waals surface area contributed by atoms with Crippen LogP contribution in [0.1, 0.15) is 26.0 Å². The van der Waals surface area contributed by atoms with Crippen molar-refractivity contribution in [3.63, 3.8) is 0 Å². The molecule has 0 N–H and O–H groups in total. The number of pyridine rings is 1. The van der Waals surface area contributed by atoms with E-state index in [4.69, 9.17) is 4.84 Å². The first-order valence-corrected chi connectivity index (χ1v) is 5.45. The summed E-state index contributed by atoms with van der Waals surface area (Å²) in [5.41, 5.74) is 1.66. The average Bonchev–Trinajstić information content (AvgIpc) is 2.29. The van der Waals surface area contributed by atoms with Gasteiger partial charge in [0.1, 0.15) is 12.3 Å². The van der Waals surface area contributed by atoms with Gasteiger partial charge in [-0.25, -0.2) is 0 Å². The highest BCUT2D eigenvalue weighted by Crippen LogP contribution is 2.03. The predicted molar refractivity (Wildman–Crippen MR) is 66.4 cm³/mol. The van der Waals surface area contributed by atoms with Crippen molar-refractivity contribution in [1.29, 1.82) is 0 Å². The number of oxime groups is 1. The van der Waals surface area contributed by atoms with Gasteiger partial charge in [-0.05, 0) is 18.1 Å². The van der Waals surface area contributed by atoms with Gasteiger partial charge < -0.3 is 4.84 Å². The molecule has 0 saturated heterocycles. The van der Waals surface area contributed by atoms with Gasteiger partial charge in [0.15, 0.2) is 0 Å². The van der Waals surface area contributed by atoms with Crippen LogP contribution in [-0.2, 0) is 4.84 Å². The standard InChI is InChI=1S/C13H18N2O/c1-4-7-13(15-16-10-11(2)3)12-8-5-6-9-14-12/h4-6,8-9,11H,1,7,10H2,2-3H3/b15-13+. The number of hydrogen-bond donors (Lipinski definition) is 0. The molecule has 1 aromatic heterocycles. The highest BCUT2D eigenvalue weighted by atomic mass is 16.6. The van der Waals surface area contributed by atoms with E-state index in [9.17, 15) is 0 Å². The van der Waals surface area contributed by atoms with E-state index >= 15 is 0 Å². The van der Waals surface area contributed by atoms with E-state index in [0.29, 0.717) is 18.9 Å². The Bertz CT molecular complexity index is 344. The summed E-state index contributed by atoms with van der Waals surface area (Å²) >= 11 is 0. The molecule has 3 nitrogen and oxygen atoms in total. The van der Waals surface area contributed by atoms with Crippen LogP contribution in [0.15, 0.2) is 42.2 Å². The molecular formula is C13H18N2O. The molecule has 1 aromatic rings. The zero-order valence-electron chi connectivity index (χ0n) is 9.89. The quantitative estimate of drug-likeness (QED) is 0.418. The van der Waals surface area contributed by atoms with Crippen LogP contribution < -0.4 is 0 Å². The Labute approximate surface area is 96.8 Å². The summed E-state index contributed by atoms with van der Waals surface area (Å²) in [6.45, 7) is 8.50. The minimum absolute atomic E-state index is 0.470. The van der Waals surface area contributed by atoms with Gasteiger partial charge in [-0.1, -0.05) is 31.1 Å². The van der Waals surface area contributed by atoms with Crippen molar-refractivity contribution in [2.75, 3.05) is 6.61 Å². The van der Waals surface area contributed by atoms with Crippen LogP contribution in [0.3, 0.4) is 0 Å². The van der Waals surface area contributed by atoms with E-state index in [1.165, 1.54) is 0 Å². The minimum Gasteiger partial charge on any atom is -0.395 e. The third-order valence-electron chi connectivity index (χ3n) is 1.88. The second kappa shape index (κ2) is 6.77. The molecule has 0 aromatic carbocycles. The molecule has 0 atom stereocenters. The Hall–Kier alpha value is -1.64. The van der Waals surface area contributed by atoms with Crippen LogP contribution in [0.2, 0.25) is 0 Å². The highest BCUT2D eigenvalue weighted by Gasteiger charge is 2.03. The molecule has 0 saturated carbocycles. The lowest BCUT2D eigenvalue weighted by atomic mass is 10.2. The molecule has 0 unspecified atom stereocenters. The van der Waals surface area contributed by atoms with Crippen molar-refractivity contribution in [3.05, 3.63) is 42.7 Å². The summed E-state index contributed by atoms with van der Waals surface area (Å²) in [6.07, 6.45) is 4.21. The summed E-state index contributed by atoms with van der Waals surface area (Å²) in [6, 6.07) is 5.73. The fourth-order valence-electron chi connectivity index (χ4n) is 1.12. The smallest absolute Gasteiger partial charge is 0.119 e. The van der Waals surface area contributed by atoms with Crippen molar-refractivity contribution in [2.24, 2.45) is 11.1 Å². The van der Waals surface area contributed by atoms with Gasteiger partial charge in [0.25, 0.3) is 0 Å². The van der Waals surface area contributed by atoms with Crippen LogP contribution >= 0.6 is 0 Å². The minimum atomic E-state index is 0.470. The Balaban J connectivity index is 2.71. The van der Waals surface area contributed by atoms with Crippen LogP contribution in [0.5, 0.6) is 0 Å². The molecule has 0 radical (unpaired) electrons. The first kappa shape index (κ1) is 12.4. The SMILES string of the molecule is C=CC/C(=N\OCC(C)C)c1ccccn1. The van der Waals surface area contributed by atoms with Crippen molar-refractivity contribution in [3.8, 4) is 0 Å². The van der Waals surface area contributed by atoms with E-state index in [0.717, 1.165) is 11.4 Å². The van der Waals surface area contributed by atoms with E-state index in [-0.39, 0.29) is 0 Å². The number of allylic oxidation sites excluding steroid dienone is 1. The Morgan fingerprint density at radius 1 is 1.56 bits per heavy atom. The molecule has 86 valence electrons. The van der Waals surface area contributed by atoms with Crippen molar-refractivity contribution in [2.45, 2.75) is 20.3 Å². The lowest BCUT2D eigenvalue weighted by Crippen LogP contribution is -2.05. The zero-order valence-corrected chi connectivity index (χ0v) is 9.89. The zero-order chi connectivity index (χ0) is 11.8. The van der Waals surface area contributed by atoms with Crippen molar-refractivity contribution >= 4 is 5.71 Å². The fraction of sp³-hybridized carbons (Fsp3) is 0.385. The summed E-state index contributed by atoms with van der Waals surface area (Å²) in [5, 5.41) is 4.11. The van der Waals surface area contributed by atoms with Crippen LogP contribution in [-0.4, -0.2) is 17.3 Å². The molecule has 0 aliphatic carbocycles. The number of rotatable bonds is 6. The monoisotopic (exact) mass is 218 g/mol. The Morgan fingerprint density at radius 3 is 2.94 bits per heavy atom. The van der Waals surface area contributed by atoms with Gasteiger partial charge in [0.05, 0.1) is 5.69 Å². The first-order chi connectivity index (χ1) is 7.74. The average molecular weight is 218 g/mol. The first-order valence-electron chi connectivity index (χ1n) is 5.45. The summed E-state index contributed by atoms with van der Waals surface area (Å²) in [7, 11) is 0. The number of nitrogens with zero attached hydrogens (tertiary/aromatic N) is 2. The summed E-state index contributed by atoms with van der Waals surface area (Å²) in [4.78, 5) is 9.50. The normalized spacial score (nSPS) is 11.6. The van der Waals surface area contributed by atoms with Crippen molar-refractivity contribution in [1.82, 2.24) is 4.98 Å². The van der Waals surface area contributed by atoms with Gasteiger partial charge >= 0.3 is 0 Å². The maximum absolute atomic E-state index is 5.26. The molecule has 0 spiro atoms. The van der Waals surface area contributed by atoms with Gasteiger partial charge in [0.2, 0.25) is 0 Å². The lowest BCUT2D eigenvalue weighted by molar-refractivity contribution is 0.118. The number of hydrogen-bond acceptors (Lipinski definition) is 3. The maximum atomic E-state index is 5.26. The third-order valence-corrected chi connectivity index (χ3v) is 1.88. The second-order valence-electron chi connectivity index (χ2n) is 3.94. The second-order valence-corrected chi connectivity index (χ2v) is 3.94. The molecular weight excluding hydrogens is 200 g/mol. The van der Waals surface area contributed by atoms with Crippen LogP contribution in [0.25, 0.3) is 0 Å². The van der Waals surface area contributed by atoms with Gasteiger partial charge in [0, 0.05) is 12.6 Å². The van der Waals surface area contributed by atoms with E-state index in [2.05, 4.69) is 30.6 Å². The molecule has 0 bridgehead atoms. The molecule has 0 aliphatic heterocycles. The van der Waals surface area contributed by atoms with Gasteiger partial charge in [-0.2, -0.15) is 0 Å². The maximum Gasteiger partial charge on any atom is 0.119 e. The van der Waals surface area contributed by atoms with Crippen molar-refractivity contribution < 1.29 is 4.84 Å². The molecule has 0 aliphatic rings. The van der Waals surface area contributed by atoms with Gasteiger partial charge in [-0.15, -0.1) is 6.58 Å². The third kappa shape index (κ3) is 4.26. The molecule has 0 amide bonds. The van der Waals surface area contributed by atoms with Crippen LogP contribution in [0, 0.1) is 5.92 Å². The highest BCUT2D eigenvalue weighted by molar-refractivity contribution is 5.99. The predicted octanol–water partition coefficient (Wildman–Crippen LogP) is 3.03. The molecule has 1 rings (SSSR count). The van der Waals surface area contributed by atoms with E-state index in [1.807, 2.05) is 18.2 Å². The van der Waals surface area contributed by atoms with E-state index in [1.54, 1.807) is 12.3 Å². The molecule has 3 heteroatoms. The summed E-state index contributed by atoms with van der Waals surface area (Å²) in [5.74, 6) is 0.470.